The van der Waals surface area contributed by atoms with Gasteiger partial charge in [-0.1, -0.05) is 0 Å². The molecule has 0 atom stereocenters. The van der Waals surface area contributed by atoms with Gasteiger partial charge in [0.2, 0.25) is 15.0 Å². The molecule has 1 aliphatic rings. The monoisotopic (exact) mass is 393 g/mol. The van der Waals surface area contributed by atoms with Crippen LogP contribution in [0.1, 0.15) is 16.8 Å². The van der Waals surface area contributed by atoms with Crippen molar-refractivity contribution in [3.05, 3.63) is 35.2 Å². The van der Waals surface area contributed by atoms with E-state index in [1.54, 1.807) is 27.5 Å². The van der Waals surface area contributed by atoms with Crippen molar-refractivity contribution in [2.45, 2.75) is 24.7 Å². The van der Waals surface area contributed by atoms with Gasteiger partial charge in [-0.3, -0.25) is 4.90 Å². The Kier molecular flexibility index (Phi) is 5.52. The average molecular weight is 393 g/mol. The molecule has 0 unspecified atom stereocenters. The number of fused-ring (bicyclic) bond motifs is 1. The van der Waals surface area contributed by atoms with Crippen LogP contribution in [-0.4, -0.2) is 57.4 Å². The highest BCUT2D eigenvalue weighted by Gasteiger charge is 2.23. The van der Waals surface area contributed by atoms with E-state index in [9.17, 15) is 8.42 Å². The fraction of sp³-hybridized carbons (Fsp3) is 0.444. The summed E-state index contributed by atoms with van der Waals surface area (Å²) in [6, 6.07) is 3.66. The van der Waals surface area contributed by atoms with Crippen molar-refractivity contribution in [1.29, 1.82) is 0 Å². The predicted molar refractivity (Wildman–Crippen MR) is 99.1 cm³/mol. The smallest absolute Gasteiger partial charge is 0.246 e. The minimum atomic E-state index is -3.40. The molecule has 0 amide bonds. The molecule has 27 heavy (non-hydrogen) atoms. The third-order valence-corrected chi connectivity index (χ3v) is 5.38. The molecule has 8 nitrogen and oxygen atoms in total. The van der Waals surface area contributed by atoms with Crippen LogP contribution in [0.25, 0.3) is 0 Å². The Morgan fingerprint density at radius 3 is 2.33 bits per heavy atom. The molecule has 146 valence electrons. The lowest BCUT2D eigenvalue weighted by Crippen LogP contribution is -2.31. The van der Waals surface area contributed by atoms with Gasteiger partial charge in [0.25, 0.3) is 0 Å². The highest BCUT2D eigenvalue weighted by atomic mass is 32.2. The minimum Gasteiger partial charge on any atom is -0.496 e. The van der Waals surface area contributed by atoms with E-state index < -0.39 is 9.84 Å². The third kappa shape index (κ3) is 4.14. The molecule has 0 bridgehead atoms. The van der Waals surface area contributed by atoms with E-state index in [0.29, 0.717) is 36.8 Å². The minimum absolute atomic E-state index is 0.117. The molecule has 0 saturated heterocycles. The summed E-state index contributed by atoms with van der Waals surface area (Å²) in [6.07, 6.45) is 3.38. The molecule has 0 N–H and O–H groups in total. The Morgan fingerprint density at radius 2 is 1.78 bits per heavy atom. The summed E-state index contributed by atoms with van der Waals surface area (Å²) in [4.78, 5) is 10.4. The van der Waals surface area contributed by atoms with Crippen molar-refractivity contribution in [2.75, 3.05) is 34.1 Å². The SMILES string of the molecule is COc1cc(OC)c(CN2CCc3nc(S(C)(=O)=O)ncc3C2)c(OC)c1. The largest absolute Gasteiger partial charge is 0.496 e. The van der Waals surface area contributed by atoms with Gasteiger partial charge in [0.15, 0.2) is 0 Å². The standard InChI is InChI=1S/C18H23N3O5S/c1-24-13-7-16(25-2)14(17(8-13)26-3)11-21-6-5-15-12(10-21)9-19-18(20-15)27(4,22)23/h7-9H,5-6,10-11H2,1-4H3. The van der Waals surface area contributed by atoms with Crippen LogP contribution in [0.15, 0.2) is 23.5 Å². The van der Waals surface area contributed by atoms with E-state index in [1.807, 2.05) is 12.1 Å². The van der Waals surface area contributed by atoms with Gasteiger partial charge in [-0.05, 0) is 0 Å². The topological polar surface area (TPSA) is 90.9 Å². The van der Waals surface area contributed by atoms with E-state index in [4.69, 9.17) is 14.2 Å². The van der Waals surface area contributed by atoms with Crippen LogP contribution in [0.2, 0.25) is 0 Å². The molecular formula is C18H23N3O5S. The molecule has 1 aromatic heterocycles. The van der Waals surface area contributed by atoms with Crippen molar-refractivity contribution in [2.24, 2.45) is 0 Å². The van der Waals surface area contributed by atoms with Gasteiger partial charge >= 0.3 is 0 Å². The molecule has 1 aromatic carbocycles. The summed E-state index contributed by atoms with van der Waals surface area (Å²) in [5, 5.41) is -0.117. The Bertz CT molecular complexity index is 921. The molecule has 0 fully saturated rings. The molecule has 0 spiro atoms. The Hall–Kier alpha value is -2.39. The molecular weight excluding hydrogens is 370 g/mol. The fourth-order valence-corrected chi connectivity index (χ4v) is 3.65. The number of methoxy groups -OCH3 is 3. The summed E-state index contributed by atoms with van der Waals surface area (Å²) in [5.41, 5.74) is 2.65. The summed E-state index contributed by atoms with van der Waals surface area (Å²) in [5.74, 6) is 2.06. The van der Waals surface area contributed by atoms with Crippen molar-refractivity contribution in [3.8, 4) is 17.2 Å². The fourth-order valence-electron chi connectivity index (χ4n) is 3.13. The first-order chi connectivity index (χ1) is 12.9. The zero-order valence-electron chi connectivity index (χ0n) is 15.9. The summed E-state index contributed by atoms with van der Waals surface area (Å²) < 4.78 is 39.6. The second kappa shape index (κ2) is 7.69. The first-order valence-electron chi connectivity index (χ1n) is 8.41. The second-order valence-electron chi connectivity index (χ2n) is 6.37. The highest BCUT2D eigenvalue weighted by molar-refractivity contribution is 7.90. The van der Waals surface area contributed by atoms with Gasteiger partial charge in [0.1, 0.15) is 17.2 Å². The molecule has 9 heteroatoms. The van der Waals surface area contributed by atoms with Crippen LogP contribution in [0, 0.1) is 0 Å². The Labute approximate surface area is 159 Å². The number of sulfone groups is 1. The van der Waals surface area contributed by atoms with Crippen LogP contribution in [0.5, 0.6) is 17.2 Å². The zero-order chi connectivity index (χ0) is 19.6. The van der Waals surface area contributed by atoms with Crippen molar-refractivity contribution in [1.82, 2.24) is 14.9 Å². The van der Waals surface area contributed by atoms with E-state index in [1.165, 1.54) is 0 Å². The molecule has 0 saturated carbocycles. The van der Waals surface area contributed by atoms with Crippen LogP contribution in [-0.2, 0) is 29.3 Å². The summed E-state index contributed by atoms with van der Waals surface area (Å²) in [7, 11) is 1.42. The van der Waals surface area contributed by atoms with Gasteiger partial charge in [-0.25, -0.2) is 18.4 Å². The first kappa shape index (κ1) is 19.4. The number of nitrogens with zero attached hydrogens (tertiary/aromatic N) is 3. The highest BCUT2D eigenvalue weighted by Crippen LogP contribution is 2.35. The molecule has 3 rings (SSSR count). The van der Waals surface area contributed by atoms with Crippen molar-refractivity contribution in [3.63, 3.8) is 0 Å². The number of rotatable bonds is 6. The van der Waals surface area contributed by atoms with E-state index in [-0.39, 0.29) is 5.16 Å². The summed E-state index contributed by atoms with van der Waals surface area (Å²) >= 11 is 0. The maximum Gasteiger partial charge on any atom is 0.246 e. The second-order valence-corrected chi connectivity index (χ2v) is 8.28. The van der Waals surface area contributed by atoms with E-state index >= 15 is 0 Å². The lowest BCUT2D eigenvalue weighted by molar-refractivity contribution is 0.234. The Morgan fingerprint density at radius 1 is 1.11 bits per heavy atom. The number of hydrogen-bond acceptors (Lipinski definition) is 8. The van der Waals surface area contributed by atoms with Gasteiger partial charge in [0, 0.05) is 56.2 Å². The van der Waals surface area contributed by atoms with Crippen molar-refractivity contribution < 1.29 is 22.6 Å². The number of aromatic nitrogens is 2. The lowest BCUT2D eigenvalue weighted by atomic mass is 10.1. The normalized spacial score (nSPS) is 14.5. The quantitative estimate of drug-likeness (QED) is 0.682. The van der Waals surface area contributed by atoms with Gasteiger partial charge < -0.3 is 14.2 Å². The van der Waals surface area contributed by atoms with Crippen molar-refractivity contribution >= 4 is 9.84 Å². The lowest BCUT2D eigenvalue weighted by Gasteiger charge is -2.29. The number of hydrogen-bond donors (Lipinski definition) is 0. The first-order valence-corrected chi connectivity index (χ1v) is 10.3. The number of benzene rings is 1. The van der Waals surface area contributed by atoms with Crippen LogP contribution >= 0.6 is 0 Å². The molecule has 0 aliphatic carbocycles. The Balaban J connectivity index is 1.85. The maximum atomic E-state index is 11.6. The average Bonchev–Trinajstić information content (AvgIpc) is 2.66. The van der Waals surface area contributed by atoms with Gasteiger partial charge in [-0.2, -0.15) is 0 Å². The van der Waals surface area contributed by atoms with Gasteiger partial charge in [0.05, 0.1) is 32.6 Å². The van der Waals surface area contributed by atoms with E-state index in [2.05, 4.69) is 14.9 Å². The molecule has 0 radical (unpaired) electrons. The molecule has 2 aromatic rings. The van der Waals surface area contributed by atoms with Crippen LogP contribution in [0.3, 0.4) is 0 Å². The molecule has 2 heterocycles. The van der Waals surface area contributed by atoms with Gasteiger partial charge in [-0.15, -0.1) is 0 Å². The molecule has 1 aliphatic heterocycles. The predicted octanol–water partition coefficient (Wildman–Crippen LogP) is 1.46. The zero-order valence-corrected chi connectivity index (χ0v) is 16.7. The summed E-state index contributed by atoms with van der Waals surface area (Å²) in [6.45, 7) is 1.98. The third-order valence-electron chi connectivity index (χ3n) is 4.52. The van der Waals surface area contributed by atoms with Crippen LogP contribution in [0.4, 0.5) is 0 Å². The van der Waals surface area contributed by atoms with E-state index in [0.717, 1.165) is 29.6 Å². The number of ether oxygens (including phenoxy) is 3. The van der Waals surface area contributed by atoms with Crippen LogP contribution < -0.4 is 14.2 Å². The maximum absolute atomic E-state index is 11.6.